The van der Waals surface area contributed by atoms with Crippen molar-refractivity contribution in [3.63, 3.8) is 0 Å². The lowest BCUT2D eigenvalue weighted by atomic mass is 10.0. The SMILES string of the molecule is O=C1c2ccccc2NC(c2ccccc2Cl)N1Cc1ccco1. The molecule has 5 heteroatoms. The minimum Gasteiger partial charge on any atom is -0.467 e. The van der Waals surface area contributed by atoms with Crippen LogP contribution in [0.5, 0.6) is 0 Å². The summed E-state index contributed by atoms with van der Waals surface area (Å²) in [6, 6.07) is 18.7. The molecule has 4 rings (SSSR count). The molecule has 120 valence electrons. The topological polar surface area (TPSA) is 45.5 Å². The average Bonchev–Trinajstić information content (AvgIpc) is 3.11. The number of fused-ring (bicyclic) bond motifs is 1. The maximum atomic E-state index is 13.0. The number of nitrogens with zero attached hydrogens (tertiary/aromatic N) is 1. The van der Waals surface area contributed by atoms with Crippen molar-refractivity contribution in [2.75, 3.05) is 5.32 Å². The molecule has 24 heavy (non-hydrogen) atoms. The Balaban J connectivity index is 1.79. The van der Waals surface area contributed by atoms with Gasteiger partial charge in [0, 0.05) is 16.3 Å². The Kier molecular flexibility index (Phi) is 3.75. The number of nitrogens with one attached hydrogen (secondary N) is 1. The standard InChI is InChI=1S/C19H15ClN2O2/c20-16-9-3-1-7-14(16)18-21-17-10-4-2-8-15(17)19(23)22(18)12-13-6-5-11-24-13/h1-11,18,21H,12H2. The van der Waals surface area contributed by atoms with Gasteiger partial charge in [-0.15, -0.1) is 0 Å². The smallest absolute Gasteiger partial charge is 0.258 e. The van der Waals surface area contributed by atoms with Gasteiger partial charge in [0.2, 0.25) is 0 Å². The monoisotopic (exact) mass is 338 g/mol. The summed E-state index contributed by atoms with van der Waals surface area (Å²) in [5.74, 6) is 0.673. The normalized spacial score (nSPS) is 16.6. The molecule has 0 saturated carbocycles. The second-order valence-electron chi connectivity index (χ2n) is 5.63. The van der Waals surface area contributed by atoms with E-state index in [2.05, 4.69) is 5.32 Å². The first-order valence-corrected chi connectivity index (χ1v) is 8.05. The Hall–Kier alpha value is -2.72. The summed E-state index contributed by atoms with van der Waals surface area (Å²) in [5, 5.41) is 4.04. The zero-order valence-corrected chi connectivity index (χ0v) is 13.5. The number of benzene rings is 2. The highest BCUT2D eigenvalue weighted by molar-refractivity contribution is 6.31. The van der Waals surface area contributed by atoms with Crippen LogP contribution >= 0.6 is 11.6 Å². The number of hydrogen-bond acceptors (Lipinski definition) is 3. The number of amides is 1. The summed E-state index contributed by atoms with van der Waals surface area (Å²) in [4.78, 5) is 14.8. The third-order valence-corrected chi connectivity index (χ3v) is 4.47. The van der Waals surface area contributed by atoms with Gasteiger partial charge >= 0.3 is 0 Å². The Morgan fingerprint density at radius 2 is 1.83 bits per heavy atom. The number of furan rings is 1. The van der Waals surface area contributed by atoms with Gasteiger partial charge in [0.1, 0.15) is 11.9 Å². The fourth-order valence-electron chi connectivity index (χ4n) is 2.97. The number of halogens is 1. The van der Waals surface area contributed by atoms with Crippen molar-refractivity contribution in [3.8, 4) is 0 Å². The van der Waals surface area contributed by atoms with Crippen molar-refractivity contribution in [2.45, 2.75) is 12.7 Å². The number of rotatable bonds is 3. The van der Waals surface area contributed by atoms with Crippen LogP contribution in [0.25, 0.3) is 0 Å². The van der Waals surface area contributed by atoms with E-state index in [0.29, 0.717) is 17.1 Å². The van der Waals surface area contributed by atoms with Crippen LogP contribution < -0.4 is 5.32 Å². The Bertz CT molecular complexity index is 877. The van der Waals surface area contributed by atoms with E-state index in [4.69, 9.17) is 16.0 Å². The molecule has 3 aromatic rings. The van der Waals surface area contributed by atoms with Gasteiger partial charge in [0.05, 0.1) is 18.4 Å². The third-order valence-electron chi connectivity index (χ3n) is 4.13. The fourth-order valence-corrected chi connectivity index (χ4v) is 3.21. The Morgan fingerprint density at radius 3 is 2.62 bits per heavy atom. The van der Waals surface area contributed by atoms with Crippen LogP contribution in [-0.2, 0) is 6.54 Å². The number of para-hydroxylation sites is 1. The van der Waals surface area contributed by atoms with Gasteiger partial charge in [-0.25, -0.2) is 0 Å². The van der Waals surface area contributed by atoms with Crippen LogP contribution in [0.2, 0.25) is 5.02 Å². The van der Waals surface area contributed by atoms with Crippen LogP contribution in [0, 0.1) is 0 Å². The van der Waals surface area contributed by atoms with Crippen molar-refractivity contribution in [3.05, 3.63) is 88.8 Å². The summed E-state index contributed by atoms with van der Waals surface area (Å²) >= 11 is 6.38. The molecule has 1 unspecified atom stereocenters. The highest BCUT2D eigenvalue weighted by Gasteiger charge is 2.34. The average molecular weight is 339 g/mol. The summed E-state index contributed by atoms with van der Waals surface area (Å²) < 4.78 is 5.43. The van der Waals surface area contributed by atoms with E-state index >= 15 is 0 Å². The number of hydrogen-bond donors (Lipinski definition) is 1. The lowest BCUT2D eigenvalue weighted by Crippen LogP contribution is -2.42. The number of anilines is 1. The predicted molar refractivity (Wildman–Crippen MR) is 92.8 cm³/mol. The minimum atomic E-state index is -0.355. The first-order chi connectivity index (χ1) is 11.7. The van der Waals surface area contributed by atoms with E-state index in [1.165, 1.54) is 0 Å². The summed E-state index contributed by atoms with van der Waals surface area (Å²) in [7, 11) is 0. The van der Waals surface area contributed by atoms with Crippen LogP contribution in [0.4, 0.5) is 5.69 Å². The summed E-state index contributed by atoms with van der Waals surface area (Å²) in [6.07, 6.45) is 1.25. The van der Waals surface area contributed by atoms with E-state index in [0.717, 1.165) is 17.0 Å². The van der Waals surface area contributed by atoms with Crippen molar-refractivity contribution in [1.29, 1.82) is 0 Å². The summed E-state index contributed by atoms with van der Waals surface area (Å²) in [6.45, 7) is 0.364. The molecule has 1 N–H and O–H groups in total. The first kappa shape index (κ1) is 14.8. The third kappa shape index (κ3) is 2.55. The Morgan fingerprint density at radius 1 is 1.04 bits per heavy atom. The summed E-state index contributed by atoms with van der Waals surface area (Å²) in [5.41, 5.74) is 2.31. The molecule has 0 fully saturated rings. The number of carbonyl (C=O) groups excluding carboxylic acids is 1. The van der Waals surface area contributed by atoms with Gasteiger partial charge in [-0.05, 0) is 30.3 Å². The molecule has 0 radical (unpaired) electrons. The quantitative estimate of drug-likeness (QED) is 0.753. The zero-order chi connectivity index (χ0) is 16.5. The highest BCUT2D eigenvalue weighted by Crippen LogP contribution is 2.36. The molecule has 1 amide bonds. The van der Waals surface area contributed by atoms with Crippen molar-refractivity contribution < 1.29 is 9.21 Å². The maximum Gasteiger partial charge on any atom is 0.258 e. The molecular formula is C19H15ClN2O2. The van der Waals surface area contributed by atoms with Crippen molar-refractivity contribution in [2.24, 2.45) is 0 Å². The zero-order valence-electron chi connectivity index (χ0n) is 12.8. The van der Waals surface area contributed by atoms with Crippen LogP contribution in [0.15, 0.2) is 71.3 Å². The van der Waals surface area contributed by atoms with E-state index in [1.54, 1.807) is 11.2 Å². The van der Waals surface area contributed by atoms with Gasteiger partial charge in [-0.2, -0.15) is 0 Å². The van der Waals surface area contributed by atoms with Crippen LogP contribution in [-0.4, -0.2) is 10.8 Å². The van der Waals surface area contributed by atoms with E-state index < -0.39 is 0 Å². The molecule has 2 aromatic carbocycles. The fraction of sp³-hybridized carbons (Fsp3) is 0.105. The molecular weight excluding hydrogens is 324 g/mol. The van der Waals surface area contributed by atoms with E-state index in [1.807, 2.05) is 60.7 Å². The highest BCUT2D eigenvalue weighted by atomic mass is 35.5. The molecule has 1 aliphatic rings. The van der Waals surface area contributed by atoms with Crippen molar-refractivity contribution >= 4 is 23.2 Å². The lowest BCUT2D eigenvalue weighted by Gasteiger charge is -2.38. The molecule has 0 saturated heterocycles. The van der Waals surface area contributed by atoms with Gasteiger partial charge < -0.3 is 14.6 Å². The second-order valence-corrected chi connectivity index (χ2v) is 6.03. The number of carbonyl (C=O) groups is 1. The second kappa shape index (κ2) is 6.06. The van der Waals surface area contributed by atoms with Gasteiger partial charge in [-0.3, -0.25) is 4.79 Å². The van der Waals surface area contributed by atoms with E-state index in [9.17, 15) is 4.79 Å². The molecule has 1 aromatic heterocycles. The molecule has 0 bridgehead atoms. The predicted octanol–water partition coefficient (Wildman–Crippen LogP) is 4.70. The van der Waals surface area contributed by atoms with Crippen LogP contribution in [0.3, 0.4) is 0 Å². The Labute approximate surface area is 144 Å². The molecule has 0 spiro atoms. The van der Waals surface area contributed by atoms with Gasteiger partial charge in [0.15, 0.2) is 0 Å². The molecule has 2 heterocycles. The maximum absolute atomic E-state index is 13.0. The van der Waals surface area contributed by atoms with Crippen molar-refractivity contribution in [1.82, 2.24) is 4.90 Å². The van der Waals surface area contributed by atoms with Gasteiger partial charge in [-0.1, -0.05) is 41.9 Å². The molecule has 1 aliphatic heterocycles. The lowest BCUT2D eigenvalue weighted by molar-refractivity contribution is 0.0651. The molecule has 1 atom stereocenters. The van der Waals surface area contributed by atoms with Crippen LogP contribution in [0.1, 0.15) is 27.8 Å². The molecule has 0 aliphatic carbocycles. The minimum absolute atomic E-state index is 0.0503. The van der Waals surface area contributed by atoms with E-state index in [-0.39, 0.29) is 12.1 Å². The largest absolute Gasteiger partial charge is 0.467 e. The molecule has 4 nitrogen and oxygen atoms in total. The first-order valence-electron chi connectivity index (χ1n) is 7.67. The van der Waals surface area contributed by atoms with Gasteiger partial charge in [0.25, 0.3) is 5.91 Å².